The van der Waals surface area contributed by atoms with Gasteiger partial charge in [-0.05, 0) is 48.4 Å². The van der Waals surface area contributed by atoms with Crippen molar-refractivity contribution in [2.24, 2.45) is 0 Å². The number of carbonyl (C=O) groups excluding carboxylic acids is 1. The molecule has 1 heterocycles. The molecular formula is C24H22Cl2N4O2. The zero-order valence-electron chi connectivity index (χ0n) is 17.4. The molecule has 3 aromatic carbocycles. The minimum atomic E-state index is -0.377. The van der Waals surface area contributed by atoms with Crippen molar-refractivity contribution in [1.82, 2.24) is 20.6 Å². The van der Waals surface area contributed by atoms with Gasteiger partial charge in [-0.1, -0.05) is 53.5 Å². The topological polar surface area (TPSA) is 79.0 Å². The predicted octanol–water partition coefficient (Wildman–Crippen LogP) is 5.66. The van der Waals surface area contributed by atoms with E-state index >= 15 is 0 Å². The molecule has 1 unspecified atom stereocenters. The number of para-hydroxylation sites is 2. The van der Waals surface area contributed by atoms with Crippen LogP contribution in [0.2, 0.25) is 10.0 Å². The molecule has 32 heavy (non-hydrogen) atoms. The summed E-state index contributed by atoms with van der Waals surface area (Å²) in [5, 5.41) is 6.87. The van der Waals surface area contributed by atoms with Crippen molar-refractivity contribution in [3.63, 3.8) is 0 Å². The van der Waals surface area contributed by atoms with Crippen molar-refractivity contribution in [3.05, 3.63) is 93.7 Å². The van der Waals surface area contributed by atoms with E-state index in [0.717, 1.165) is 22.3 Å². The lowest BCUT2D eigenvalue weighted by Crippen LogP contribution is -2.38. The normalized spacial score (nSPS) is 11.8. The second-order valence-corrected chi connectivity index (χ2v) is 8.09. The lowest BCUT2D eigenvalue weighted by atomic mass is 10.1. The summed E-state index contributed by atoms with van der Waals surface area (Å²) in [4.78, 5) is 20.8. The van der Waals surface area contributed by atoms with Gasteiger partial charge < -0.3 is 20.4 Å². The molecule has 8 heteroatoms. The van der Waals surface area contributed by atoms with Gasteiger partial charge >= 0.3 is 6.03 Å². The molecule has 0 bridgehead atoms. The molecule has 4 rings (SSSR count). The van der Waals surface area contributed by atoms with Gasteiger partial charge in [0.1, 0.15) is 11.6 Å². The number of rotatable bonds is 7. The van der Waals surface area contributed by atoms with Crippen molar-refractivity contribution in [2.45, 2.75) is 19.0 Å². The van der Waals surface area contributed by atoms with Gasteiger partial charge in [-0.2, -0.15) is 0 Å². The Kier molecular flexibility index (Phi) is 6.83. The van der Waals surface area contributed by atoms with Crippen LogP contribution in [0.15, 0.2) is 66.7 Å². The third kappa shape index (κ3) is 5.15. The van der Waals surface area contributed by atoms with Crippen LogP contribution in [0.1, 0.15) is 23.0 Å². The van der Waals surface area contributed by atoms with E-state index < -0.39 is 0 Å². The standard InChI is InChI=1S/C24H22Cl2N4O2/c1-32-16-11-9-15(10-12-16)13-22(23-28-20-7-2-3-8-21(20)29-23)30-24(31)27-14-17-18(25)5-4-6-19(17)26/h2-12,22H,13-14H2,1H3,(H,28,29)(H2,27,30,31). The lowest BCUT2D eigenvalue weighted by molar-refractivity contribution is 0.236. The smallest absolute Gasteiger partial charge is 0.315 e. The van der Waals surface area contributed by atoms with E-state index in [2.05, 4.69) is 20.6 Å². The van der Waals surface area contributed by atoms with Crippen LogP contribution in [0.25, 0.3) is 11.0 Å². The van der Waals surface area contributed by atoms with Gasteiger partial charge in [0.25, 0.3) is 0 Å². The summed E-state index contributed by atoms with van der Waals surface area (Å²) < 4.78 is 5.24. The van der Waals surface area contributed by atoms with Crippen LogP contribution in [0.3, 0.4) is 0 Å². The fourth-order valence-corrected chi connectivity index (χ4v) is 3.96. The summed E-state index contributed by atoms with van der Waals surface area (Å²) >= 11 is 12.4. The minimum Gasteiger partial charge on any atom is -0.497 e. The summed E-state index contributed by atoms with van der Waals surface area (Å²) in [6, 6.07) is 20.0. The highest BCUT2D eigenvalue weighted by Gasteiger charge is 2.19. The number of hydrogen-bond donors (Lipinski definition) is 3. The van der Waals surface area contributed by atoms with Crippen LogP contribution in [0, 0.1) is 0 Å². The molecule has 0 spiro atoms. The molecule has 0 aliphatic heterocycles. The molecule has 2 amide bonds. The van der Waals surface area contributed by atoms with Gasteiger partial charge in [-0.15, -0.1) is 0 Å². The Morgan fingerprint density at radius 1 is 1.03 bits per heavy atom. The highest BCUT2D eigenvalue weighted by Crippen LogP contribution is 2.24. The molecule has 3 N–H and O–H groups in total. The zero-order valence-corrected chi connectivity index (χ0v) is 18.9. The number of halogens is 2. The summed E-state index contributed by atoms with van der Waals surface area (Å²) in [5.74, 6) is 1.45. The van der Waals surface area contributed by atoms with Crippen molar-refractivity contribution in [2.75, 3.05) is 7.11 Å². The van der Waals surface area contributed by atoms with Gasteiger partial charge in [-0.3, -0.25) is 0 Å². The number of carbonyl (C=O) groups is 1. The van der Waals surface area contributed by atoms with E-state index in [0.29, 0.717) is 27.9 Å². The quantitative estimate of drug-likeness (QED) is 0.327. The summed E-state index contributed by atoms with van der Waals surface area (Å²) in [6.07, 6.45) is 0.546. The maximum atomic E-state index is 12.8. The molecule has 4 aromatic rings. The average molecular weight is 469 g/mol. The van der Waals surface area contributed by atoms with E-state index in [4.69, 9.17) is 27.9 Å². The van der Waals surface area contributed by atoms with Crippen molar-refractivity contribution < 1.29 is 9.53 Å². The molecule has 0 saturated heterocycles. The highest BCUT2D eigenvalue weighted by atomic mass is 35.5. The third-order valence-electron chi connectivity index (χ3n) is 5.13. The van der Waals surface area contributed by atoms with Crippen LogP contribution in [-0.2, 0) is 13.0 Å². The Morgan fingerprint density at radius 2 is 1.75 bits per heavy atom. The fourth-order valence-electron chi connectivity index (χ4n) is 3.43. The Labute approximate surface area is 195 Å². The Hall–Kier alpha value is -3.22. The number of nitrogens with zero attached hydrogens (tertiary/aromatic N) is 1. The second-order valence-electron chi connectivity index (χ2n) is 7.27. The second kappa shape index (κ2) is 9.94. The van der Waals surface area contributed by atoms with E-state index in [1.54, 1.807) is 25.3 Å². The van der Waals surface area contributed by atoms with Gasteiger partial charge in [-0.25, -0.2) is 9.78 Å². The van der Waals surface area contributed by atoms with Gasteiger partial charge in [0.15, 0.2) is 0 Å². The lowest BCUT2D eigenvalue weighted by Gasteiger charge is -2.18. The maximum absolute atomic E-state index is 12.8. The molecule has 1 atom stereocenters. The number of ether oxygens (including phenoxy) is 1. The SMILES string of the molecule is COc1ccc(CC(NC(=O)NCc2c(Cl)cccc2Cl)c2nc3ccccc3[nH]2)cc1. The summed E-state index contributed by atoms with van der Waals surface area (Å²) in [6.45, 7) is 0.208. The number of aromatic amines is 1. The number of imidazole rings is 1. The van der Waals surface area contributed by atoms with Crippen LogP contribution < -0.4 is 15.4 Å². The van der Waals surface area contributed by atoms with Gasteiger partial charge in [0, 0.05) is 22.2 Å². The fraction of sp³-hybridized carbons (Fsp3) is 0.167. The first-order chi connectivity index (χ1) is 15.5. The Balaban J connectivity index is 1.53. The largest absolute Gasteiger partial charge is 0.497 e. The number of urea groups is 1. The molecular weight excluding hydrogens is 447 g/mol. The minimum absolute atomic E-state index is 0.208. The van der Waals surface area contributed by atoms with Crippen LogP contribution in [0.5, 0.6) is 5.75 Å². The first-order valence-electron chi connectivity index (χ1n) is 10.1. The summed E-state index contributed by atoms with van der Waals surface area (Å²) in [5.41, 5.74) is 3.45. The van der Waals surface area contributed by atoms with Gasteiger partial charge in [0.05, 0.1) is 24.2 Å². The molecule has 1 aromatic heterocycles. The predicted molar refractivity (Wildman–Crippen MR) is 127 cm³/mol. The van der Waals surface area contributed by atoms with Crippen LogP contribution in [-0.4, -0.2) is 23.1 Å². The molecule has 0 fully saturated rings. The third-order valence-corrected chi connectivity index (χ3v) is 5.84. The number of aromatic nitrogens is 2. The zero-order chi connectivity index (χ0) is 22.5. The monoisotopic (exact) mass is 468 g/mol. The number of amides is 2. The number of nitrogens with one attached hydrogen (secondary N) is 3. The van der Waals surface area contributed by atoms with Crippen molar-refractivity contribution in [1.29, 1.82) is 0 Å². The number of benzene rings is 3. The Bertz CT molecular complexity index is 1170. The first kappa shape index (κ1) is 22.0. The van der Waals surface area contributed by atoms with Crippen LogP contribution in [0.4, 0.5) is 4.79 Å². The molecule has 164 valence electrons. The van der Waals surface area contributed by atoms with E-state index in [9.17, 15) is 4.79 Å². The number of methoxy groups -OCH3 is 1. The Morgan fingerprint density at radius 3 is 2.44 bits per heavy atom. The van der Waals surface area contributed by atoms with Gasteiger partial charge in [0.2, 0.25) is 0 Å². The highest BCUT2D eigenvalue weighted by molar-refractivity contribution is 6.36. The number of hydrogen-bond acceptors (Lipinski definition) is 3. The molecule has 0 saturated carbocycles. The molecule has 0 aliphatic carbocycles. The van der Waals surface area contributed by atoms with E-state index in [-0.39, 0.29) is 18.6 Å². The van der Waals surface area contributed by atoms with Crippen LogP contribution >= 0.6 is 23.2 Å². The number of fused-ring (bicyclic) bond motifs is 1. The first-order valence-corrected chi connectivity index (χ1v) is 10.8. The number of H-pyrrole nitrogens is 1. The molecule has 6 nitrogen and oxygen atoms in total. The molecule has 0 radical (unpaired) electrons. The van der Waals surface area contributed by atoms with E-state index in [1.165, 1.54) is 0 Å². The summed E-state index contributed by atoms with van der Waals surface area (Å²) in [7, 11) is 1.63. The van der Waals surface area contributed by atoms with Crippen molar-refractivity contribution in [3.8, 4) is 5.75 Å². The van der Waals surface area contributed by atoms with E-state index in [1.807, 2.05) is 48.5 Å². The maximum Gasteiger partial charge on any atom is 0.315 e. The van der Waals surface area contributed by atoms with Crippen molar-refractivity contribution >= 4 is 40.3 Å². The average Bonchev–Trinajstić information content (AvgIpc) is 3.23. The molecule has 0 aliphatic rings.